The molecule has 63 heavy (non-hydrogen) atoms. The first-order valence-corrected chi connectivity index (χ1v) is 21.8. The molecule has 0 saturated heterocycles. The lowest BCUT2D eigenvalue weighted by Crippen LogP contribution is -2.29. The van der Waals surface area contributed by atoms with Crippen LogP contribution in [0.4, 0.5) is 17.1 Å². The summed E-state index contributed by atoms with van der Waals surface area (Å²) in [6.45, 7) is 0. The molecule has 0 unspecified atom stereocenters. The maximum atomic E-state index is 7.24. The van der Waals surface area contributed by atoms with Crippen LogP contribution in [-0.4, -0.2) is 0 Å². The number of nitrogens with zero attached hydrogens (tertiary/aromatic N) is 1. The number of para-hydroxylation sites is 3. The van der Waals surface area contributed by atoms with Gasteiger partial charge >= 0.3 is 0 Å². The van der Waals surface area contributed by atoms with Gasteiger partial charge in [0.15, 0.2) is 5.75 Å². The average molecular weight is 802 g/mol. The van der Waals surface area contributed by atoms with Crippen LogP contribution in [0, 0.1) is 0 Å². The van der Waals surface area contributed by atoms with E-state index in [0.717, 1.165) is 61.9 Å². The molecule has 1 spiro atoms. The Morgan fingerprint density at radius 2 is 0.714 bits per heavy atom. The number of hydrogen-bond donors (Lipinski definition) is 0. The van der Waals surface area contributed by atoms with E-state index in [1.54, 1.807) is 0 Å². The van der Waals surface area contributed by atoms with Crippen molar-refractivity contribution < 1.29 is 4.74 Å². The van der Waals surface area contributed by atoms with Crippen LogP contribution in [-0.2, 0) is 5.41 Å². The Kier molecular flexibility index (Phi) is 7.85. The highest BCUT2D eigenvalue weighted by atomic mass is 16.5. The Morgan fingerprint density at radius 1 is 0.286 bits per heavy atom. The summed E-state index contributed by atoms with van der Waals surface area (Å²) in [5, 5.41) is 0. The SMILES string of the molecule is c1ccc(-c2ccccc2N(c2ccc3c(c2)C2(c4ccccc4-c4ccccc4-c4ccccc42)c2ccccc2-3)c2cccc3c2Oc2ccccc2-c2ccccc2-3)cc1. The molecule has 0 amide bonds. The minimum Gasteiger partial charge on any atom is -0.454 e. The van der Waals surface area contributed by atoms with Gasteiger partial charge in [0.2, 0.25) is 0 Å². The molecule has 1 aliphatic heterocycles. The van der Waals surface area contributed by atoms with Crippen molar-refractivity contribution in [3.63, 3.8) is 0 Å². The molecule has 13 rings (SSSR count). The van der Waals surface area contributed by atoms with Crippen molar-refractivity contribution in [3.8, 4) is 78.3 Å². The molecule has 2 heteroatoms. The van der Waals surface area contributed by atoms with E-state index in [4.69, 9.17) is 4.74 Å². The fourth-order valence-corrected chi connectivity index (χ4v) is 11.0. The molecule has 0 saturated carbocycles. The second kappa shape index (κ2) is 13.9. The van der Waals surface area contributed by atoms with Crippen LogP contribution in [0.1, 0.15) is 22.3 Å². The molecule has 0 radical (unpaired) electrons. The minimum atomic E-state index is -0.624. The van der Waals surface area contributed by atoms with Crippen molar-refractivity contribution >= 4 is 17.1 Å². The fourth-order valence-electron chi connectivity index (χ4n) is 11.0. The fraction of sp³-hybridized carbons (Fsp3) is 0.0164. The van der Waals surface area contributed by atoms with Gasteiger partial charge < -0.3 is 9.64 Å². The number of anilines is 3. The van der Waals surface area contributed by atoms with Gasteiger partial charge in [-0.25, -0.2) is 0 Å². The van der Waals surface area contributed by atoms with Crippen LogP contribution in [0.25, 0.3) is 66.8 Å². The lowest BCUT2D eigenvalue weighted by molar-refractivity contribution is 0.489. The van der Waals surface area contributed by atoms with Gasteiger partial charge in [-0.2, -0.15) is 0 Å². The van der Waals surface area contributed by atoms with Crippen molar-refractivity contribution in [3.05, 3.63) is 259 Å². The molecule has 0 N–H and O–H groups in total. The Hall–Kier alpha value is -8.20. The molecule has 0 aromatic heterocycles. The van der Waals surface area contributed by atoms with E-state index in [1.807, 2.05) is 0 Å². The molecule has 2 nitrogen and oxygen atoms in total. The van der Waals surface area contributed by atoms with Gasteiger partial charge in [-0.15, -0.1) is 0 Å². The number of benzene rings is 10. The summed E-state index contributed by atoms with van der Waals surface area (Å²) in [6, 6.07) is 86.6. The van der Waals surface area contributed by atoms with Crippen molar-refractivity contribution in [2.24, 2.45) is 0 Å². The van der Waals surface area contributed by atoms with Crippen molar-refractivity contribution in [1.82, 2.24) is 0 Å². The smallest absolute Gasteiger partial charge is 0.159 e. The maximum Gasteiger partial charge on any atom is 0.159 e. The van der Waals surface area contributed by atoms with E-state index in [2.05, 4.69) is 241 Å². The summed E-state index contributed by atoms with van der Waals surface area (Å²) in [5.41, 5.74) is 21.8. The molecule has 10 aromatic carbocycles. The number of rotatable bonds is 4. The van der Waals surface area contributed by atoms with Crippen molar-refractivity contribution in [2.75, 3.05) is 4.90 Å². The van der Waals surface area contributed by atoms with Gasteiger partial charge in [0, 0.05) is 22.4 Å². The molecule has 3 aliphatic rings. The molecule has 0 fully saturated rings. The topological polar surface area (TPSA) is 12.5 Å². The Labute approximate surface area is 367 Å². The third-order valence-electron chi connectivity index (χ3n) is 13.5. The number of fused-ring (bicyclic) bond motifs is 17. The quantitative estimate of drug-likeness (QED) is 0.176. The highest BCUT2D eigenvalue weighted by Crippen LogP contribution is 2.63. The summed E-state index contributed by atoms with van der Waals surface area (Å²) in [7, 11) is 0. The standard InChI is InChI=1S/C61H39NO/c1-2-19-40(20-3-1)42-21-11-16-34-57(42)62(58-35-18-30-52-46-25-7-6-24-45(46)51-29-12-17-36-59(51)63-60(52)58)41-37-38-50-49-28-10-15-33-55(49)61(56(50)39-41)53-31-13-8-26-47(53)43-22-4-5-23-44(43)48-27-9-14-32-54(48)61/h1-39H. The van der Waals surface area contributed by atoms with Gasteiger partial charge in [-0.1, -0.05) is 206 Å². The van der Waals surface area contributed by atoms with Crippen LogP contribution in [0.2, 0.25) is 0 Å². The van der Waals surface area contributed by atoms with E-state index in [1.165, 1.54) is 55.6 Å². The third-order valence-corrected chi connectivity index (χ3v) is 13.5. The lowest BCUT2D eigenvalue weighted by Gasteiger charge is -2.36. The number of hydrogen-bond acceptors (Lipinski definition) is 2. The van der Waals surface area contributed by atoms with Crippen LogP contribution in [0.3, 0.4) is 0 Å². The second-order valence-corrected chi connectivity index (χ2v) is 16.7. The Balaban J connectivity index is 1.14. The average Bonchev–Trinajstić information content (AvgIpc) is 3.48. The van der Waals surface area contributed by atoms with E-state index < -0.39 is 5.41 Å². The number of ether oxygens (including phenoxy) is 1. The molecule has 294 valence electrons. The lowest BCUT2D eigenvalue weighted by atomic mass is 9.66. The van der Waals surface area contributed by atoms with Crippen molar-refractivity contribution in [2.45, 2.75) is 5.41 Å². The van der Waals surface area contributed by atoms with E-state index in [9.17, 15) is 0 Å². The second-order valence-electron chi connectivity index (χ2n) is 16.7. The van der Waals surface area contributed by atoms with Crippen LogP contribution in [0.5, 0.6) is 11.5 Å². The first kappa shape index (κ1) is 35.5. The van der Waals surface area contributed by atoms with Crippen LogP contribution in [0.15, 0.2) is 237 Å². The molecule has 1 heterocycles. The molecule has 0 bridgehead atoms. The Bertz CT molecular complexity index is 3390. The molecule has 2 aliphatic carbocycles. The monoisotopic (exact) mass is 801 g/mol. The highest BCUT2D eigenvalue weighted by molar-refractivity contribution is 6.00. The summed E-state index contributed by atoms with van der Waals surface area (Å²) in [6.07, 6.45) is 0. The first-order chi connectivity index (χ1) is 31.3. The third kappa shape index (κ3) is 5.13. The highest BCUT2D eigenvalue weighted by Gasteiger charge is 2.50. The van der Waals surface area contributed by atoms with Crippen molar-refractivity contribution in [1.29, 1.82) is 0 Å². The summed E-state index contributed by atoms with van der Waals surface area (Å²) in [4.78, 5) is 2.44. The molecular formula is C61H39NO. The van der Waals surface area contributed by atoms with Gasteiger partial charge in [-0.05, 0) is 103 Å². The van der Waals surface area contributed by atoms with Gasteiger partial charge in [0.25, 0.3) is 0 Å². The summed E-state index contributed by atoms with van der Waals surface area (Å²) in [5.74, 6) is 1.65. The molecule has 10 aromatic rings. The normalized spacial score (nSPS) is 13.0. The zero-order valence-corrected chi connectivity index (χ0v) is 34.4. The van der Waals surface area contributed by atoms with E-state index in [0.29, 0.717) is 0 Å². The van der Waals surface area contributed by atoms with Gasteiger partial charge in [-0.3, -0.25) is 0 Å². The van der Waals surface area contributed by atoms with Crippen LogP contribution < -0.4 is 9.64 Å². The zero-order chi connectivity index (χ0) is 41.5. The van der Waals surface area contributed by atoms with Gasteiger partial charge in [0.05, 0.1) is 16.8 Å². The van der Waals surface area contributed by atoms with Gasteiger partial charge in [0.1, 0.15) is 5.75 Å². The predicted molar refractivity (Wildman–Crippen MR) is 259 cm³/mol. The molecular weight excluding hydrogens is 763 g/mol. The first-order valence-electron chi connectivity index (χ1n) is 21.8. The predicted octanol–water partition coefficient (Wildman–Crippen LogP) is 16.3. The summed E-state index contributed by atoms with van der Waals surface area (Å²) >= 11 is 0. The largest absolute Gasteiger partial charge is 0.454 e. The minimum absolute atomic E-state index is 0.624. The zero-order valence-electron chi connectivity index (χ0n) is 34.4. The van der Waals surface area contributed by atoms with E-state index >= 15 is 0 Å². The van der Waals surface area contributed by atoms with Crippen LogP contribution >= 0.6 is 0 Å². The van der Waals surface area contributed by atoms with E-state index in [-0.39, 0.29) is 0 Å². The Morgan fingerprint density at radius 3 is 1.35 bits per heavy atom. The summed E-state index contributed by atoms with van der Waals surface area (Å²) < 4.78 is 7.24. The maximum absolute atomic E-state index is 7.24. The molecule has 0 atom stereocenters.